The van der Waals surface area contributed by atoms with E-state index in [-0.39, 0.29) is 23.2 Å². The van der Waals surface area contributed by atoms with Gasteiger partial charge in [-0.1, -0.05) is 40.7 Å². The highest BCUT2D eigenvalue weighted by atomic mass is 16.2. The summed E-state index contributed by atoms with van der Waals surface area (Å²) < 4.78 is 0. The van der Waals surface area contributed by atoms with Gasteiger partial charge in [-0.3, -0.25) is 9.59 Å². The van der Waals surface area contributed by atoms with Gasteiger partial charge in [-0.25, -0.2) is 4.98 Å². The van der Waals surface area contributed by atoms with Gasteiger partial charge >= 0.3 is 0 Å². The molecule has 0 unspecified atom stereocenters. The van der Waals surface area contributed by atoms with Crippen LogP contribution in [-0.4, -0.2) is 29.9 Å². The van der Waals surface area contributed by atoms with Crippen LogP contribution in [-0.2, 0) is 0 Å². The van der Waals surface area contributed by atoms with Crippen molar-refractivity contribution in [2.45, 2.75) is 47.5 Å². The molecule has 0 fully saturated rings. The van der Waals surface area contributed by atoms with Gasteiger partial charge in [0.2, 0.25) is 0 Å². The first-order valence-electron chi connectivity index (χ1n) is 7.95. The molecule has 1 aromatic rings. The highest BCUT2D eigenvalue weighted by Gasteiger charge is 2.11. The van der Waals surface area contributed by atoms with E-state index in [4.69, 9.17) is 0 Å². The number of aromatic nitrogens is 1. The van der Waals surface area contributed by atoms with Gasteiger partial charge in [0.25, 0.3) is 11.8 Å². The predicted molar refractivity (Wildman–Crippen MR) is 90.0 cm³/mol. The molecule has 5 heteroatoms. The fraction of sp³-hybridized carbons (Fsp3) is 0.588. The summed E-state index contributed by atoms with van der Waals surface area (Å²) in [6.07, 6.45) is 1.73. The minimum Gasteiger partial charge on any atom is -0.351 e. The van der Waals surface area contributed by atoms with E-state index >= 15 is 0 Å². The van der Waals surface area contributed by atoms with Crippen molar-refractivity contribution in [1.29, 1.82) is 0 Å². The molecule has 0 atom stereocenters. The number of nitrogens with zero attached hydrogens (tertiary/aromatic N) is 1. The lowest BCUT2D eigenvalue weighted by atomic mass is 10.2. The second-order valence-corrected chi connectivity index (χ2v) is 5.65. The first-order chi connectivity index (χ1) is 10.4. The summed E-state index contributed by atoms with van der Waals surface area (Å²) >= 11 is 0. The normalized spacial score (nSPS) is 9.73. The molecule has 0 saturated heterocycles. The maximum Gasteiger partial charge on any atom is 0.269 e. The van der Waals surface area contributed by atoms with Crippen LogP contribution in [0.2, 0.25) is 0 Å². The molecule has 1 rings (SSSR count). The van der Waals surface area contributed by atoms with E-state index in [1.54, 1.807) is 18.2 Å². The van der Waals surface area contributed by atoms with Crippen molar-refractivity contribution in [3.63, 3.8) is 0 Å². The third-order valence-electron chi connectivity index (χ3n) is 2.29. The van der Waals surface area contributed by atoms with Crippen molar-refractivity contribution in [3.8, 4) is 0 Å². The van der Waals surface area contributed by atoms with Gasteiger partial charge in [-0.15, -0.1) is 0 Å². The zero-order valence-corrected chi connectivity index (χ0v) is 14.4. The lowest BCUT2D eigenvalue weighted by Gasteiger charge is -2.05. The van der Waals surface area contributed by atoms with Crippen LogP contribution in [0.4, 0.5) is 0 Å². The molecule has 0 aliphatic carbocycles. The molecular formula is C17H29N3O2. The first kappa shape index (κ1) is 20.1. The molecule has 5 nitrogen and oxygen atoms in total. The van der Waals surface area contributed by atoms with E-state index in [0.717, 1.165) is 18.8 Å². The number of amides is 2. The average Bonchev–Trinajstić information content (AvgIpc) is 2.49. The smallest absolute Gasteiger partial charge is 0.269 e. The van der Waals surface area contributed by atoms with Crippen LogP contribution in [0.1, 0.15) is 68.4 Å². The number of pyridine rings is 1. The molecule has 2 N–H and O–H groups in total. The molecule has 0 aromatic carbocycles. The molecule has 0 radical (unpaired) electrons. The molecule has 1 heterocycles. The van der Waals surface area contributed by atoms with Gasteiger partial charge in [0.1, 0.15) is 11.4 Å². The molecule has 0 aliphatic rings. The Balaban J connectivity index is 0.000000980. The molecular weight excluding hydrogens is 278 g/mol. The van der Waals surface area contributed by atoms with E-state index in [9.17, 15) is 9.59 Å². The summed E-state index contributed by atoms with van der Waals surface area (Å²) in [5.41, 5.74) is 0.542. The monoisotopic (exact) mass is 307 g/mol. The summed E-state index contributed by atoms with van der Waals surface area (Å²) in [5, 5.41) is 5.45. The largest absolute Gasteiger partial charge is 0.351 e. The molecule has 0 bridgehead atoms. The Morgan fingerprint density at radius 3 is 1.64 bits per heavy atom. The van der Waals surface area contributed by atoms with Crippen molar-refractivity contribution < 1.29 is 9.59 Å². The predicted octanol–water partition coefficient (Wildman–Crippen LogP) is 3.02. The summed E-state index contributed by atoms with van der Waals surface area (Å²) in [4.78, 5) is 27.4. The zero-order chi connectivity index (χ0) is 17.0. The highest BCUT2D eigenvalue weighted by molar-refractivity contribution is 5.96. The number of hydrogen-bond donors (Lipinski definition) is 2. The SMILES string of the molecule is CC(C)C.CCCNC(=O)c1cccc(C(=O)NCCC)n1. The third kappa shape index (κ3) is 9.10. The Morgan fingerprint density at radius 2 is 1.32 bits per heavy atom. The third-order valence-corrected chi connectivity index (χ3v) is 2.29. The van der Waals surface area contributed by atoms with Crippen LogP contribution < -0.4 is 10.6 Å². The maximum atomic E-state index is 11.7. The Bertz CT molecular complexity index is 421. The summed E-state index contributed by atoms with van der Waals surface area (Å²) in [6, 6.07) is 4.86. The molecule has 124 valence electrons. The Hall–Kier alpha value is -1.91. The van der Waals surface area contributed by atoms with E-state index in [1.165, 1.54) is 0 Å². The molecule has 0 spiro atoms. The summed E-state index contributed by atoms with van der Waals surface area (Å²) in [6.45, 7) is 11.7. The number of nitrogens with one attached hydrogen (secondary N) is 2. The topological polar surface area (TPSA) is 71.1 Å². The lowest BCUT2D eigenvalue weighted by Crippen LogP contribution is -2.28. The Kier molecular flexibility index (Phi) is 10.7. The van der Waals surface area contributed by atoms with Crippen molar-refractivity contribution in [2.75, 3.05) is 13.1 Å². The van der Waals surface area contributed by atoms with Crippen molar-refractivity contribution >= 4 is 11.8 Å². The minimum absolute atomic E-state index is 0.248. The fourth-order valence-electron chi connectivity index (χ4n) is 1.35. The van der Waals surface area contributed by atoms with Gasteiger partial charge in [0.05, 0.1) is 0 Å². The standard InChI is InChI=1S/C13H19N3O2.C4H10/c1-3-8-14-12(17)10-6-5-7-11(16-10)13(18)15-9-4-2;1-4(2)3/h5-7H,3-4,8-9H2,1-2H3,(H,14,17)(H,15,18);4H,1-3H3. The van der Waals surface area contributed by atoms with Gasteiger partial charge < -0.3 is 10.6 Å². The van der Waals surface area contributed by atoms with Gasteiger partial charge in [-0.2, -0.15) is 0 Å². The fourth-order valence-corrected chi connectivity index (χ4v) is 1.35. The molecule has 1 aromatic heterocycles. The quantitative estimate of drug-likeness (QED) is 0.848. The van der Waals surface area contributed by atoms with Gasteiger partial charge in [0.15, 0.2) is 0 Å². The van der Waals surface area contributed by atoms with E-state index in [0.29, 0.717) is 13.1 Å². The van der Waals surface area contributed by atoms with E-state index in [1.807, 2.05) is 13.8 Å². The molecule has 0 aliphatic heterocycles. The second kappa shape index (κ2) is 11.7. The summed E-state index contributed by atoms with van der Waals surface area (Å²) in [5.74, 6) is 0.337. The number of carbonyl (C=O) groups is 2. The molecule has 0 saturated carbocycles. The van der Waals surface area contributed by atoms with Crippen LogP contribution >= 0.6 is 0 Å². The van der Waals surface area contributed by atoms with Gasteiger partial charge in [0, 0.05) is 13.1 Å². The van der Waals surface area contributed by atoms with Crippen LogP contribution in [0.15, 0.2) is 18.2 Å². The summed E-state index contributed by atoms with van der Waals surface area (Å²) in [7, 11) is 0. The zero-order valence-electron chi connectivity index (χ0n) is 14.4. The van der Waals surface area contributed by atoms with Crippen molar-refractivity contribution in [3.05, 3.63) is 29.6 Å². The van der Waals surface area contributed by atoms with E-state index < -0.39 is 0 Å². The van der Waals surface area contributed by atoms with Crippen LogP contribution in [0.3, 0.4) is 0 Å². The van der Waals surface area contributed by atoms with Crippen LogP contribution in [0, 0.1) is 5.92 Å². The lowest BCUT2D eigenvalue weighted by molar-refractivity contribution is 0.0944. The van der Waals surface area contributed by atoms with Crippen molar-refractivity contribution in [1.82, 2.24) is 15.6 Å². The first-order valence-corrected chi connectivity index (χ1v) is 7.95. The Labute approximate surface area is 133 Å². The number of rotatable bonds is 6. The van der Waals surface area contributed by atoms with Crippen LogP contribution in [0.5, 0.6) is 0 Å². The number of carbonyl (C=O) groups excluding carboxylic acids is 2. The molecule has 22 heavy (non-hydrogen) atoms. The van der Waals surface area contributed by atoms with Gasteiger partial charge in [-0.05, 0) is 30.9 Å². The minimum atomic E-state index is -0.248. The number of hydrogen-bond acceptors (Lipinski definition) is 3. The second-order valence-electron chi connectivity index (χ2n) is 5.65. The molecule has 2 amide bonds. The average molecular weight is 307 g/mol. The Morgan fingerprint density at radius 1 is 0.955 bits per heavy atom. The van der Waals surface area contributed by atoms with Crippen molar-refractivity contribution in [2.24, 2.45) is 5.92 Å². The van der Waals surface area contributed by atoms with Crippen LogP contribution in [0.25, 0.3) is 0 Å². The van der Waals surface area contributed by atoms with E-state index in [2.05, 4.69) is 36.4 Å². The highest BCUT2D eigenvalue weighted by Crippen LogP contribution is 2.00. The maximum absolute atomic E-state index is 11.7.